The highest BCUT2D eigenvalue weighted by molar-refractivity contribution is 5.97. The molecular weight excluding hydrogens is 266 g/mol. The molecule has 1 aromatic carbocycles. The minimum atomic E-state index is -0.549. The summed E-state index contributed by atoms with van der Waals surface area (Å²) in [6.07, 6.45) is 1.43. The van der Waals surface area contributed by atoms with E-state index in [0.29, 0.717) is 24.2 Å². The lowest BCUT2D eigenvalue weighted by Gasteiger charge is -2.12. The van der Waals surface area contributed by atoms with Crippen LogP contribution in [0.4, 0.5) is 17.5 Å². The Kier molecular flexibility index (Phi) is 4.71. The maximum Gasteiger partial charge on any atom is 0.254 e. The van der Waals surface area contributed by atoms with E-state index in [9.17, 15) is 4.79 Å². The third-order valence-electron chi connectivity index (χ3n) is 2.76. The summed E-state index contributed by atoms with van der Waals surface area (Å²) in [5.41, 5.74) is 6.50. The van der Waals surface area contributed by atoms with Gasteiger partial charge in [0, 0.05) is 18.4 Å². The summed E-state index contributed by atoms with van der Waals surface area (Å²) >= 11 is 0. The highest BCUT2D eigenvalue weighted by Gasteiger charge is 2.12. The van der Waals surface area contributed by atoms with Crippen LogP contribution < -0.4 is 16.4 Å². The van der Waals surface area contributed by atoms with Gasteiger partial charge in [-0.05, 0) is 18.1 Å². The van der Waals surface area contributed by atoms with Crippen LogP contribution in [0.2, 0.25) is 0 Å². The SMILES string of the molecule is CC(C)CNc1nc(Nc2ccccc2)ncc1C(N)=O. The first-order chi connectivity index (χ1) is 10.1. The molecule has 0 saturated carbocycles. The van der Waals surface area contributed by atoms with Gasteiger partial charge in [-0.2, -0.15) is 4.98 Å². The van der Waals surface area contributed by atoms with Crippen molar-refractivity contribution in [1.29, 1.82) is 0 Å². The van der Waals surface area contributed by atoms with Crippen molar-refractivity contribution < 1.29 is 4.79 Å². The second-order valence-electron chi connectivity index (χ2n) is 5.09. The smallest absolute Gasteiger partial charge is 0.254 e. The number of rotatable bonds is 6. The van der Waals surface area contributed by atoms with Gasteiger partial charge in [0.25, 0.3) is 5.91 Å². The van der Waals surface area contributed by atoms with Crippen molar-refractivity contribution in [2.45, 2.75) is 13.8 Å². The van der Waals surface area contributed by atoms with Crippen LogP contribution in [0.5, 0.6) is 0 Å². The van der Waals surface area contributed by atoms with Crippen molar-refractivity contribution in [2.24, 2.45) is 11.7 Å². The highest BCUT2D eigenvalue weighted by atomic mass is 16.1. The molecule has 1 heterocycles. The molecule has 0 aliphatic carbocycles. The van der Waals surface area contributed by atoms with Crippen LogP contribution in [-0.4, -0.2) is 22.4 Å². The quantitative estimate of drug-likeness (QED) is 0.757. The molecule has 110 valence electrons. The van der Waals surface area contributed by atoms with E-state index in [1.807, 2.05) is 30.3 Å². The van der Waals surface area contributed by atoms with Crippen LogP contribution in [0, 0.1) is 5.92 Å². The van der Waals surface area contributed by atoms with Crippen molar-refractivity contribution in [2.75, 3.05) is 17.2 Å². The van der Waals surface area contributed by atoms with Crippen LogP contribution in [0.25, 0.3) is 0 Å². The predicted molar refractivity (Wildman–Crippen MR) is 83.6 cm³/mol. The molecule has 4 N–H and O–H groups in total. The number of amides is 1. The third-order valence-corrected chi connectivity index (χ3v) is 2.76. The summed E-state index contributed by atoms with van der Waals surface area (Å²) in [5.74, 6) is 0.737. The summed E-state index contributed by atoms with van der Waals surface area (Å²) in [7, 11) is 0. The van der Waals surface area contributed by atoms with E-state index in [-0.39, 0.29) is 5.56 Å². The highest BCUT2D eigenvalue weighted by Crippen LogP contribution is 2.17. The molecular formula is C15H19N5O. The topological polar surface area (TPSA) is 92.9 Å². The number of benzene rings is 1. The summed E-state index contributed by atoms with van der Waals surface area (Å²) in [5, 5.41) is 6.21. The lowest BCUT2D eigenvalue weighted by atomic mass is 10.2. The summed E-state index contributed by atoms with van der Waals surface area (Å²) in [4.78, 5) is 19.9. The molecule has 0 bridgehead atoms. The molecule has 0 atom stereocenters. The number of nitrogens with two attached hydrogens (primary N) is 1. The maximum absolute atomic E-state index is 11.4. The molecule has 21 heavy (non-hydrogen) atoms. The van der Waals surface area contributed by atoms with Crippen molar-refractivity contribution in [3.63, 3.8) is 0 Å². The van der Waals surface area contributed by atoms with Gasteiger partial charge >= 0.3 is 0 Å². The number of anilines is 3. The Balaban J connectivity index is 2.23. The molecule has 0 saturated heterocycles. The van der Waals surface area contributed by atoms with Gasteiger partial charge in [-0.15, -0.1) is 0 Å². The maximum atomic E-state index is 11.4. The van der Waals surface area contributed by atoms with E-state index in [4.69, 9.17) is 5.73 Å². The lowest BCUT2D eigenvalue weighted by molar-refractivity contribution is 0.100. The Labute approximate surface area is 123 Å². The number of carbonyl (C=O) groups is 1. The van der Waals surface area contributed by atoms with E-state index < -0.39 is 5.91 Å². The van der Waals surface area contributed by atoms with Crippen molar-refractivity contribution in [1.82, 2.24) is 9.97 Å². The molecule has 2 aromatic rings. The van der Waals surface area contributed by atoms with E-state index in [1.165, 1.54) is 6.20 Å². The van der Waals surface area contributed by atoms with Crippen molar-refractivity contribution in [3.05, 3.63) is 42.1 Å². The largest absolute Gasteiger partial charge is 0.369 e. The van der Waals surface area contributed by atoms with Gasteiger partial charge in [-0.1, -0.05) is 32.0 Å². The fourth-order valence-electron chi connectivity index (χ4n) is 1.71. The van der Waals surface area contributed by atoms with Crippen LogP contribution in [0.3, 0.4) is 0 Å². The average Bonchev–Trinajstić information content (AvgIpc) is 2.46. The second-order valence-corrected chi connectivity index (χ2v) is 5.09. The molecule has 0 aliphatic heterocycles. The number of nitrogens with one attached hydrogen (secondary N) is 2. The number of hydrogen-bond acceptors (Lipinski definition) is 5. The number of aromatic nitrogens is 2. The Morgan fingerprint density at radius 2 is 2.00 bits per heavy atom. The lowest BCUT2D eigenvalue weighted by Crippen LogP contribution is -2.18. The van der Waals surface area contributed by atoms with Gasteiger partial charge < -0.3 is 16.4 Å². The molecule has 0 fully saturated rings. The molecule has 0 radical (unpaired) electrons. The molecule has 0 spiro atoms. The Morgan fingerprint density at radius 3 is 2.62 bits per heavy atom. The van der Waals surface area contributed by atoms with E-state index in [0.717, 1.165) is 5.69 Å². The Bertz CT molecular complexity index is 613. The van der Waals surface area contributed by atoms with Gasteiger partial charge in [0.15, 0.2) is 0 Å². The number of carbonyl (C=O) groups excluding carboxylic acids is 1. The minimum absolute atomic E-state index is 0.286. The molecule has 0 unspecified atom stereocenters. The third kappa shape index (κ3) is 4.17. The first-order valence-corrected chi connectivity index (χ1v) is 6.79. The van der Waals surface area contributed by atoms with Crippen LogP contribution in [0.15, 0.2) is 36.5 Å². The summed E-state index contributed by atoms with van der Waals surface area (Å²) in [6.45, 7) is 4.84. The molecule has 1 aromatic heterocycles. The first kappa shape index (κ1) is 14.8. The van der Waals surface area contributed by atoms with Crippen LogP contribution in [0.1, 0.15) is 24.2 Å². The van der Waals surface area contributed by atoms with Crippen LogP contribution in [-0.2, 0) is 0 Å². The van der Waals surface area contributed by atoms with Gasteiger partial charge in [0.1, 0.15) is 5.82 Å². The van der Waals surface area contributed by atoms with E-state index in [2.05, 4.69) is 34.4 Å². The van der Waals surface area contributed by atoms with Gasteiger partial charge in [0.05, 0.1) is 5.56 Å². The molecule has 2 rings (SSSR count). The number of para-hydroxylation sites is 1. The zero-order valence-electron chi connectivity index (χ0n) is 12.1. The number of primary amides is 1. The zero-order valence-corrected chi connectivity index (χ0v) is 12.1. The predicted octanol–water partition coefficient (Wildman–Crippen LogP) is 2.39. The van der Waals surface area contributed by atoms with Crippen molar-refractivity contribution in [3.8, 4) is 0 Å². The van der Waals surface area contributed by atoms with Gasteiger partial charge in [0.2, 0.25) is 5.95 Å². The number of nitrogens with zero attached hydrogens (tertiary/aromatic N) is 2. The van der Waals surface area contributed by atoms with Gasteiger partial charge in [-0.25, -0.2) is 4.98 Å². The Morgan fingerprint density at radius 1 is 1.29 bits per heavy atom. The molecule has 0 aliphatic rings. The minimum Gasteiger partial charge on any atom is -0.369 e. The monoisotopic (exact) mass is 285 g/mol. The summed E-state index contributed by atoms with van der Waals surface area (Å²) in [6, 6.07) is 9.58. The second kappa shape index (κ2) is 6.69. The normalized spacial score (nSPS) is 10.4. The van der Waals surface area contributed by atoms with E-state index in [1.54, 1.807) is 0 Å². The average molecular weight is 285 g/mol. The summed E-state index contributed by atoms with van der Waals surface area (Å²) < 4.78 is 0. The standard InChI is InChI=1S/C15H19N5O/c1-10(2)8-17-14-12(13(16)21)9-18-15(20-14)19-11-6-4-3-5-7-11/h3-7,9-10H,8H2,1-2H3,(H2,16,21)(H2,17,18,19,20). The fraction of sp³-hybridized carbons (Fsp3) is 0.267. The first-order valence-electron chi connectivity index (χ1n) is 6.79. The van der Waals surface area contributed by atoms with E-state index >= 15 is 0 Å². The van der Waals surface area contributed by atoms with Gasteiger partial charge in [-0.3, -0.25) is 4.79 Å². The molecule has 1 amide bonds. The molecule has 6 nitrogen and oxygen atoms in total. The fourth-order valence-corrected chi connectivity index (χ4v) is 1.71. The Hall–Kier alpha value is -2.63. The van der Waals surface area contributed by atoms with Crippen LogP contribution >= 0.6 is 0 Å². The zero-order chi connectivity index (χ0) is 15.2. The number of hydrogen-bond donors (Lipinski definition) is 3. The van der Waals surface area contributed by atoms with Crippen molar-refractivity contribution >= 4 is 23.4 Å². The molecule has 6 heteroatoms.